The number of amides is 1. The number of thiazole rings is 1. The number of nitrogens with zero attached hydrogens (tertiary/aromatic N) is 4. The summed E-state index contributed by atoms with van der Waals surface area (Å²) in [6, 6.07) is 9.26. The lowest BCUT2D eigenvalue weighted by Gasteiger charge is -2.39. The molecule has 0 saturated carbocycles. The maximum atomic E-state index is 12.8. The second kappa shape index (κ2) is 7.47. The van der Waals surface area contributed by atoms with E-state index in [0.29, 0.717) is 42.3 Å². The predicted octanol–water partition coefficient (Wildman–Crippen LogP) is 2.86. The molecule has 28 heavy (non-hydrogen) atoms. The van der Waals surface area contributed by atoms with Gasteiger partial charge in [-0.1, -0.05) is 30.3 Å². The largest absolute Gasteiger partial charge is 0.481 e. The lowest BCUT2D eigenvalue weighted by Crippen LogP contribution is -2.49. The van der Waals surface area contributed by atoms with Crippen molar-refractivity contribution in [2.45, 2.75) is 18.3 Å². The van der Waals surface area contributed by atoms with E-state index in [1.54, 1.807) is 28.9 Å². The van der Waals surface area contributed by atoms with E-state index in [-0.39, 0.29) is 5.91 Å². The van der Waals surface area contributed by atoms with Crippen molar-refractivity contribution in [3.8, 4) is 10.7 Å². The van der Waals surface area contributed by atoms with Gasteiger partial charge in [0.15, 0.2) is 0 Å². The molecular formula is C20H18N4O3S. The van der Waals surface area contributed by atoms with Crippen LogP contribution < -0.4 is 0 Å². The molecule has 1 amide bonds. The van der Waals surface area contributed by atoms with Gasteiger partial charge in [0.1, 0.15) is 16.4 Å². The quantitative estimate of drug-likeness (QED) is 0.731. The van der Waals surface area contributed by atoms with E-state index in [9.17, 15) is 14.7 Å². The Morgan fingerprint density at radius 3 is 2.50 bits per heavy atom. The molecule has 1 saturated heterocycles. The number of rotatable bonds is 4. The normalized spacial score (nSPS) is 15.9. The van der Waals surface area contributed by atoms with Gasteiger partial charge in [0.2, 0.25) is 0 Å². The summed E-state index contributed by atoms with van der Waals surface area (Å²) in [6.07, 6.45) is 5.52. The highest BCUT2D eigenvalue weighted by Crippen LogP contribution is 2.36. The molecule has 4 rings (SSSR count). The van der Waals surface area contributed by atoms with Crippen LogP contribution in [-0.4, -0.2) is 49.9 Å². The fourth-order valence-corrected chi connectivity index (χ4v) is 4.29. The first-order valence-electron chi connectivity index (χ1n) is 8.90. The highest BCUT2D eigenvalue weighted by molar-refractivity contribution is 7.13. The van der Waals surface area contributed by atoms with Gasteiger partial charge in [-0.25, -0.2) is 4.98 Å². The summed E-state index contributed by atoms with van der Waals surface area (Å²) < 4.78 is 0. The number of hydrogen-bond donors (Lipinski definition) is 1. The van der Waals surface area contributed by atoms with Crippen LogP contribution in [0.1, 0.15) is 28.9 Å². The number of carbonyl (C=O) groups is 2. The molecule has 1 aliphatic heterocycles. The minimum Gasteiger partial charge on any atom is -0.481 e. The van der Waals surface area contributed by atoms with Crippen LogP contribution in [0.15, 0.2) is 54.3 Å². The molecule has 0 bridgehead atoms. The molecule has 1 aliphatic rings. The van der Waals surface area contributed by atoms with Crippen molar-refractivity contribution < 1.29 is 14.7 Å². The van der Waals surface area contributed by atoms with E-state index in [1.165, 1.54) is 11.3 Å². The Hall–Kier alpha value is -3.13. The first-order chi connectivity index (χ1) is 13.6. The van der Waals surface area contributed by atoms with Gasteiger partial charge in [0, 0.05) is 30.9 Å². The zero-order valence-corrected chi connectivity index (χ0v) is 15.8. The fourth-order valence-electron chi connectivity index (χ4n) is 3.54. The van der Waals surface area contributed by atoms with Crippen LogP contribution in [0, 0.1) is 0 Å². The summed E-state index contributed by atoms with van der Waals surface area (Å²) in [6.45, 7) is 0.746. The van der Waals surface area contributed by atoms with Crippen LogP contribution in [0.25, 0.3) is 10.7 Å². The van der Waals surface area contributed by atoms with E-state index in [1.807, 2.05) is 30.3 Å². The Labute approximate surface area is 165 Å². The number of benzene rings is 1. The average molecular weight is 394 g/mol. The van der Waals surface area contributed by atoms with E-state index < -0.39 is 11.4 Å². The van der Waals surface area contributed by atoms with Crippen LogP contribution in [-0.2, 0) is 10.2 Å². The van der Waals surface area contributed by atoms with E-state index in [2.05, 4.69) is 15.0 Å². The van der Waals surface area contributed by atoms with Crippen molar-refractivity contribution in [2.24, 2.45) is 0 Å². The van der Waals surface area contributed by atoms with Gasteiger partial charge >= 0.3 is 5.97 Å². The van der Waals surface area contributed by atoms with Crippen LogP contribution in [0.4, 0.5) is 0 Å². The van der Waals surface area contributed by atoms with Gasteiger partial charge in [0.25, 0.3) is 5.91 Å². The fraction of sp³-hybridized carbons (Fsp3) is 0.250. The Bertz CT molecular complexity index is 983. The highest BCUT2D eigenvalue weighted by Gasteiger charge is 2.44. The molecule has 142 valence electrons. The van der Waals surface area contributed by atoms with Gasteiger partial charge in [-0.05, 0) is 18.4 Å². The summed E-state index contributed by atoms with van der Waals surface area (Å²) in [4.78, 5) is 39.2. The topological polar surface area (TPSA) is 96.3 Å². The second-order valence-corrected chi connectivity index (χ2v) is 7.53. The van der Waals surface area contributed by atoms with Gasteiger partial charge in [-0.3, -0.25) is 19.6 Å². The maximum Gasteiger partial charge on any atom is 0.314 e. The van der Waals surface area contributed by atoms with Crippen molar-refractivity contribution in [3.05, 3.63) is 65.6 Å². The Morgan fingerprint density at radius 2 is 1.86 bits per heavy atom. The number of aromatic nitrogens is 3. The molecule has 8 heteroatoms. The third-order valence-electron chi connectivity index (χ3n) is 5.15. The van der Waals surface area contributed by atoms with Crippen molar-refractivity contribution >= 4 is 23.2 Å². The monoisotopic (exact) mass is 394 g/mol. The van der Waals surface area contributed by atoms with Crippen LogP contribution in [0.3, 0.4) is 0 Å². The molecule has 0 aliphatic carbocycles. The minimum absolute atomic E-state index is 0.182. The highest BCUT2D eigenvalue weighted by atomic mass is 32.1. The van der Waals surface area contributed by atoms with E-state index in [4.69, 9.17) is 0 Å². The van der Waals surface area contributed by atoms with Crippen molar-refractivity contribution in [3.63, 3.8) is 0 Å². The van der Waals surface area contributed by atoms with E-state index >= 15 is 0 Å². The Kier molecular flexibility index (Phi) is 4.87. The maximum absolute atomic E-state index is 12.8. The lowest BCUT2D eigenvalue weighted by atomic mass is 9.73. The van der Waals surface area contributed by atoms with Gasteiger partial charge in [0.05, 0.1) is 11.6 Å². The third kappa shape index (κ3) is 3.27. The lowest BCUT2D eigenvalue weighted by molar-refractivity contribution is -0.145. The van der Waals surface area contributed by atoms with Crippen LogP contribution in [0.5, 0.6) is 0 Å². The molecule has 2 aromatic heterocycles. The standard InChI is InChI=1S/C20H18N4O3S/c25-18(16-13-28-17(23-16)15-12-21-8-9-22-15)24-10-6-20(7-11-24,19(26)27)14-4-2-1-3-5-14/h1-5,8-9,12-13H,6-7,10-11H2,(H,26,27). The number of piperidine rings is 1. The van der Waals surface area contributed by atoms with Gasteiger partial charge in [-0.15, -0.1) is 11.3 Å². The van der Waals surface area contributed by atoms with Crippen molar-refractivity contribution in [2.75, 3.05) is 13.1 Å². The smallest absolute Gasteiger partial charge is 0.314 e. The van der Waals surface area contributed by atoms with E-state index in [0.717, 1.165) is 5.56 Å². The first-order valence-corrected chi connectivity index (χ1v) is 9.78. The predicted molar refractivity (Wildman–Crippen MR) is 104 cm³/mol. The number of carbonyl (C=O) groups excluding carboxylic acids is 1. The number of likely N-dealkylation sites (tertiary alicyclic amines) is 1. The second-order valence-electron chi connectivity index (χ2n) is 6.67. The molecule has 1 N–H and O–H groups in total. The van der Waals surface area contributed by atoms with Gasteiger partial charge in [-0.2, -0.15) is 0 Å². The molecule has 0 atom stereocenters. The zero-order valence-electron chi connectivity index (χ0n) is 15.0. The van der Waals surface area contributed by atoms with Crippen molar-refractivity contribution in [1.29, 1.82) is 0 Å². The summed E-state index contributed by atoms with van der Waals surface area (Å²) in [5.74, 6) is -1.03. The molecule has 0 unspecified atom stereocenters. The summed E-state index contributed by atoms with van der Waals surface area (Å²) >= 11 is 1.34. The van der Waals surface area contributed by atoms with Crippen LogP contribution in [0.2, 0.25) is 0 Å². The molecule has 7 nitrogen and oxygen atoms in total. The number of carboxylic acid groups (broad SMARTS) is 1. The Morgan fingerprint density at radius 1 is 1.11 bits per heavy atom. The zero-order chi connectivity index (χ0) is 19.6. The number of carboxylic acids is 1. The molecule has 0 spiro atoms. The average Bonchev–Trinajstić information content (AvgIpc) is 3.25. The molecule has 3 aromatic rings. The number of aliphatic carboxylic acids is 1. The molecule has 1 aromatic carbocycles. The van der Waals surface area contributed by atoms with Gasteiger partial charge < -0.3 is 10.0 Å². The molecular weight excluding hydrogens is 376 g/mol. The molecule has 3 heterocycles. The molecule has 0 radical (unpaired) electrons. The summed E-state index contributed by atoms with van der Waals surface area (Å²) in [5.41, 5.74) is 0.811. The van der Waals surface area contributed by atoms with Crippen LogP contribution >= 0.6 is 11.3 Å². The van der Waals surface area contributed by atoms with Crippen molar-refractivity contribution in [1.82, 2.24) is 19.9 Å². The summed E-state index contributed by atoms with van der Waals surface area (Å²) in [5, 5.41) is 12.2. The third-order valence-corrected chi connectivity index (χ3v) is 6.01. The Balaban J connectivity index is 1.50. The number of hydrogen-bond acceptors (Lipinski definition) is 6. The minimum atomic E-state index is -0.953. The first kappa shape index (κ1) is 18.2. The molecule has 1 fully saturated rings. The summed E-state index contributed by atoms with van der Waals surface area (Å²) in [7, 11) is 0. The SMILES string of the molecule is O=C(c1csc(-c2cnccn2)n1)N1CCC(C(=O)O)(c2ccccc2)CC1.